The summed E-state index contributed by atoms with van der Waals surface area (Å²) in [5, 5.41) is 3.04. The number of nitrogens with one attached hydrogen (secondary N) is 1. The van der Waals surface area contributed by atoms with Crippen molar-refractivity contribution in [2.24, 2.45) is 0 Å². The predicted octanol–water partition coefficient (Wildman–Crippen LogP) is 3.30. The highest BCUT2D eigenvalue weighted by molar-refractivity contribution is 5.77. The zero-order valence-corrected chi connectivity index (χ0v) is 12.8. The highest BCUT2D eigenvalue weighted by Crippen LogP contribution is 2.18. The largest absolute Gasteiger partial charge is 0.494 e. The number of amides is 1. The molecule has 1 saturated carbocycles. The van der Waals surface area contributed by atoms with E-state index in [2.05, 4.69) is 12.2 Å². The molecule has 0 spiro atoms. The van der Waals surface area contributed by atoms with Gasteiger partial charge in [0.25, 0.3) is 5.91 Å². The van der Waals surface area contributed by atoms with E-state index in [1.54, 1.807) is 0 Å². The molecule has 116 valence electrons. The molecule has 4 nitrogen and oxygen atoms in total. The Morgan fingerprint density at radius 2 is 1.71 bits per heavy atom. The maximum atomic E-state index is 11.8. The van der Waals surface area contributed by atoms with Crippen molar-refractivity contribution in [1.82, 2.24) is 5.32 Å². The van der Waals surface area contributed by atoms with E-state index < -0.39 is 0 Å². The SMILES string of the molecule is CCCOc1ccc(OCC(=O)NC2CCCCC2)cc1. The number of hydrogen-bond acceptors (Lipinski definition) is 3. The summed E-state index contributed by atoms with van der Waals surface area (Å²) >= 11 is 0. The van der Waals surface area contributed by atoms with Gasteiger partial charge in [0.05, 0.1) is 6.61 Å². The first-order valence-electron chi connectivity index (χ1n) is 7.93. The third kappa shape index (κ3) is 5.66. The van der Waals surface area contributed by atoms with Crippen molar-refractivity contribution < 1.29 is 14.3 Å². The third-order valence-corrected chi connectivity index (χ3v) is 3.64. The molecular formula is C17H25NO3. The molecule has 0 aliphatic heterocycles. The summed E-state index contributed by atoms with van der Waals surface area (Å²) in [7, 11) is 0. The van der Waals surface area contributed by atoms with E-state index in [1.165, 1.54) is 19.3 Å². The quantitative estimate of drug-likeness (QED) is 0.838. The van der Waals surface area contributed by atoms with Crippen LogP contribution in [0, 0.1) is 0 Å². The Kier molecular flexibility index (Phi) is 6.38. The lowest BCUT2D eigenvalue weighted by atomic mass is 9.95. The highest BCUT2D eigenvalue weighted by atomic mass is 16.5. The molecule has 1 aromatic rings. The van der Waals surface area contributed by atoms with Gasteiger partial charge in [0.2, 0.25) is 0 Å². The first-order chi connectivity index (χ1) is 10.3. The van der Waals surface area contributed by atoms with Crippen molar-refractivity contribution in [2.75, 3.05) is 13.2 Å². The summed E-state index contributed by atoms with van der Waals surface area (Å²) < 4.78 is 11.0. The van der Waals surface area contributed by atoms with Crippen molar-refractivity contribution in [2.45, 2.75) is 51.5 Å². The summed E-state index contributed by atoms with van der Waals surface area (Å²) in [5.74, 6) is 1.49. The second kappa shape index (κ2) is 8.55. The minimum absolute atomic E-state index is 0.0341. The van der Waals surface area contributed by atoms with Gasteiger partial charge in [-0.05, 0) is 43.5 Å². The Bertz CT molecular complexity index is 424. The van der Waals surface area contributed by atoms with Crippen LogP contribution < -0.4 is 14.8 Å². The molecule has 1 aliphatic carbocycles. The van der Waals surface area contributed by atoms with Crippen LogP contribution >= 0.6 is 0 Å². The average molecular weight is 291 g/mol. The highest BCUT2D eigenvalue weighted by Gasteiger charge is 2.15. The Labute approximate surface area is 126 Å². The van der Waals surface area contributed by atoms with Crippen molar-refractivity contribution in [3.63, 3.8) is 0 Å². The van der Waals surface area contributed by atoms with Gasteiger partial charge in [-0.25, -0.2) is 0 Å². The fraction of sp³-hybridized carbons (Fsp3) is 0.588. The summed E-state index contributed by atoms with van der Waals surface area (Å²) in [6.07, 6.45) is 6.88. The standard InChI is InChI=1S/C17H25NO3/c1-2-12-20-15-8-10-16(11-9-15)21-13-17(19)18-14-6-4-3-5-7-14/h8-11,14H,2-7,12-13H2,1H3,(H,18,19). The molecule has 2 rings (SSSR count). The van der Waals surface area contributed by atoms with Crippen LogP contribution in [-0.4, -0.2) is 25.2 Å². The molecule has 0 aromatic heterocycles. The van der Waals surface area contributed by atoms with E-state index in [0.29, 0.717) is 18.4 Å². The monoisotopic (exact) mass is 291 g/mol. The molecule has 21 heavy (non-hydrogen) atoms. The lowest BCUT2D eigenvalue weighted by Crippen LogP contribution is -2.38. The van der Waals surface area contributed by atoms with Crippen LogP contribution in [0.5, 0.6) is 11.5 Å². The number of hydrogen-bond donors (Lipinski definition) is 1. The van der Waals surface area contributed by atoms with Crippen LogP contribution in [-0.2, 0) is 4.79 Å². The van der Waals surface area contributed by atoms with Gasteiger partial charge in [-0.1, -0.05) is 26.2 Å². The smallest absolute Gasteiger partial charge is 0.258 e. The summed E-state index contributed by atoms with van der Waals surface area (Å²) in [4.78, 5) is 11.8. The molecular weight excluding hydrogens is 266 g/mol. The minimum Gasteiger partial charge on any atom is -0.494 e. The Morgan fingerprint density at radius 1 is 1.10 bits per heavy atom. The predicted molar refractivity (Wildman–Crippen MR) is 82.7 cm³/mol. The molecule has 0 saturated heterocycles. The number of benzene rings is 1. The Hall–Kier alpha value is -1.71. The Morgan fingerprint density at radius 3 is 2.33 bits per heavy atom. The molecule has 1 aromatic carbocycles. The molecule has 4 heteroatoms. The van der Waals surface area contributed by atoms with E-state index >= 15 is 0 Å². The lowest BCUT2D eigenvalue weighted by molar-refractivity contribution is -0.124. The third-order valence-electron chi connectivity index (χ3n) is 3.64. The van der Waals surface area contributed by atoms with Crippen LogP contribution in [0.25, 0.3) is 0 Å². The summed E-state index contributed by atoms with van der Waals surface area (Å²) in [6.45, 7) is 2.86. The molecule has 0 radical (unpaired) electrons. The molecule has 0 heterocycles. The van der Waals surface area contributed by atoms with E-state index in [4.69, 9.17) is 9.47 Å². The van der Waals surface area contributed by atoms with Crippen molar-refractivity contribution in [3.05, 3.63) is 24.3 Å². The van der Waals surface area contributed by atoms with Gasteiger partial charge >= 0.3 is 0 Å². The number of rotatable bonds is 7. The fourth-order valence-corrected chi connectivity index (χ4v) is 2.52. The van der Waals surface area contributed by atoms with E-state index in [9.17, 15) is 4.79 Å². The Balaban J connectivity index is 1.70. The van der Waals surface area contributed by atoms with Crippen LogP contribution in [0.2, 0.25) is 0 Å². The molecule has 1 amide bonds. The van der Waals surface area contributed by atoms with Gasteiger partial charge in [-0.15, -0.1) is 0 Å². The summed E-state index contributed by atoms with van der Waals surface area (Å²) in [6, 6.07) is 7.73. The van der Waals surface area contributed by atoms with Crippen LogP contribution in [0.4, 0.5) is 0 Å². The normalized spacial score (nSPS) is 15.5. The first kappa shape index (κ1) is 15.7. The average Bonchev–Trinajstić information content (AvgIpc) is 2.53. The summed E-state index contributed by atoms with van der Waals surface area (Å²) in [5.41, 5.74) is 0. The van der Waals surface area contributed by atoms with E-state index in [1.807, 2.05) is 24.3 Å². The maximum absolute atomic E-state index is 11.8. The van der Waals surface area contributed by atoms with Crippen molar-refractivity contribution in [1.29, 1.82) is 0 Å². The second-order valence-electron chi connectivity index (χ2n) is 5.51. The van der Waals surface area contributed by atoms with Crippen molar-refractivity contribution in [3.8, 4) is 11.5 Å². The topological polar surface area (TPSA) is 47.6 Å². The van der Waals surface area contributed by atoms with Crippen LogP contribution in [0.3, 0.4) is 0 Å². The molecule has 0 bridgehead atoms. The van der Waals surface area contributed by atoms with Gasteiger partial charge < -0.3 is 14.8 Å². The van der Waals surface area contributed by atoms with Crippen LogP contribution in [0.1, 0.15) is 45.4 Å². The molecule has 1 aliphatic rings. The maximum Gasteiger partial charge on any atom is 0.258 e. The van der Waals surface area contributed by atoms with Gasteiger partial charge in [0, 0.05) is 6.04 Å². The van der Waals surface area contributed by atoms with E-state index in [0.717, 1.165) is 25.0 Å². The number of carbonyl (C=O) groups excluding carboxylic acids is 1. The van der Waals surface area contributed by atoms with Crippen molar-refractivity contribution >= 4 is 5.91 Å². The molecule has 0 unspecified atom stereocenters. The second-order valence-corrected chi connectivity index (χ2v) is 5.51. The van der Waals surface area contributed by atoms with Crippen LogP contribution in [0.15, 0.2) is 24.3 Å². The zero-order valence-electron chi connectivity index (χ0n) is 12.8. The van der Waals surface area contributed by atoms with Gasteiger partial charge in [0.1, 0.15) is 11.5 Å². The minimum atomic E-state index is -0.0341. The van der Waals surface area contributed by atoms with Gasteiger partial charge in [0.15, 0.2) is 6.61 Å². The number of carbonyl (C=O) groups is 1. The lowest BCUT2D eigenvalue weighted by Gasteiger charge is -2.22. The van der Waals surface area contributed by atoms with E-state index in [-0.39, 0.29) is 12.5 Å². The molecule has 0 atom stereocenters. The van der Waals surface area contributed by atoms with Gasteiger partial charge in [-0.2, -0.15) is 0 Å². The zero-order chi connectivity index (χ0) is 14.9. The molecule has 1 fully saturated rings. The fourth-order valence-electron chi connectivity index (χ4n) is 2.52. The van der Waals surface area contributed by atoms with Gasteiger partial charge in [-0.3, -0.25) is 4.79 Å². The first-order valence-corrected chi connectivity index (χ1v) is 7.93. The number of ether oxygens (including phenoxy) is 2. The molecule has 1 N–H and O–H groups in total.